The van der Waals surface area contributed by atoms with E-state index in [0.29, 0.717) is 0 Å². The molecule has 0 atom stereocenters. The predicted octanol–water partition coefficient (Wildman–Crippen LogP) is 4.64. The van der Waals surface area contributed by atoms with Crippen LogP contribution in [0.2, 0.25) is 0 Å². The Morgan fingerprint density at radius 2 is 1.29 bits per heavy atom. The first kappa shape index (κ1) is 19.5. The van der Waals surface area contributed by atoms with E-state index in [1.165, 1.54) is 32.1 Å². The molecule has 0 bridgehead atoms. The standard InChI is InChI=1S/C8H18.C3H8.C2H6O/c1-4-5-6-7-8(2)3;1-3-2;1-2-3/h8H,4-7H2,1-3H3;3H2,1-2H3;3H,2H2,1H3. The van der Waals surface area contributed by atoms with Crippen LogP contribution in [0.15, 0.2) is 0 Å². The number of unbranched alkanes of at least 4 members (excludes halogenated alkanes) is 2. The van der Waals surface area contributed by atoms with Crippen LogP contribution in [0, 0.1) is 5.92 Å². The van der Waals surface area contributed by atoms with E-state index in [1.54, 1.807) is 6.92 Å². The van der Waals surface area contributed by atoms with Gasteiger partial charge in [0.1, 0.15) is 0 Å². The van der Waals surface area contributed by atoms with Crippen molar-refractivity contribution < 1.29 is 5.11 Å². The fourth-order valence-corrected chi connectivity index (χ4v) is 0.803. The van der Waals surface area contributed by atoms with Crippen molar-refractivity contribution in [3.05, 3.63) is 0 Å². The molecule has 0 aliphatic heterocycles. The molecule has 14 heavy (non-hydrogen) atoms. The van der Waals surface area contributed by atoms with Crippen LogP contribution in [0.1, 0.15) is 73.6 Å². The van der Waals surface area contributed by atoms with Crippen molar-refractivity contribution in [1.82, 2.24) is 0 Å². The van der Waals surface area contributed by atoms with Gasteiger partial charge in [0, 0.05) is 6.61 Å². The van der Waals surface area contributed by atoms with E-state index in [-0.39, 0.29) is 6.61 Å². The molecular weight excluding hydrogens is 172 g/mol. The summed E-state index contributed by atoms with van der Waals surface area (Å²) in [6.07, 6.45) is 6.85. The molecule has 0 aromatic carbocycles. The van der Waals surface area contributed by atoms with Crippen LogP contribution in [0.3, 0.4) is 0 Å². The molecule has 90 valence electrons. The van der Waals surface area contributed by atoms with Crippen LogP contribution in [-0.2, 0) is 0 Å². The molecule has 0 fully saturated rings. The SMILES string of the molecule is CCC.CCCCCC(C)C.CCO. The van der Waals surface area contributed by atoms with Gasteiger partial charge in [0.05, 0.1) is 0 Å². The first-order chi connectivity index (χ1) is 6.60. The minimum atomic E-state index is 0.250. The Kier molecular flexibility index (Phi) is 32.2. The summed E-state index contributed by atoms with van der Waals surface area (Å²) in [5.41, 5.74) is 0. The second kappa shape index (κ2) is 23.1. The van der Waals surface area contributed by atoms with Crippen molar-refractivity contribution in [2.24, 2.45) is 5.92 Å². The maximum atomic E-state index is 7.57. The van der Waals surface area contributed by atoms with E-state index in [1.807, 2.05) is 0 Å². The van der Waals surface area contributed by atoms with Crippen LogP contribution < -0.4 is 0 Å². The molecule has 0 saturated carbocycles. The van der Waals surface area contributed by atoms with Gasteiger partial charge in [-0.25, -0.2) is 0 Å². The van der Waals surface area contributed by atoms with Crippen LogP contribution >= 0.6 is 0 Å². The third kappa shape index (κ3) is 58.4. The van der Waals surface area contributed by atoms with Crippen molar-refractivity contribution in [3.63, 3.8) is 0 Å². The Hall–Kier alpha value is -0.0400. The van der Waals surface area contributed by atoms with Crippen molar-refractivity contribution in [2.75, 3.05) is 6.61 Å². The number of aliphatic hydroxyl groups is 1. The molecule has 0 spiro atoms. The summed E-state index contributed by atoms with van der Waals surface area (Å²) in [6, 6.07) is 0. The summed E-state index contributed by atoms with van der Waals surface area (Å²) in [7, 11) is 0. The van der Waals surface area contributed by atoms with Gasteiger partial charge in [0.2, 0.25) is 0 Å². The van der Waals surface area contributed by atoms with Crippen LogP contribution in [-0.4, -0.2) is 11.7 Å². The maximum Gasteiger partial charge on any atom is 0.0402 e. The molecule has 0 saturated heterocycles. The lowest BCUT2D eigenvalue weighted by Gasteiger charge is -2.00. The van der Waals surface area contributed by atoms with Gasteiger partial charge in [-0.2, -0.15) is 0 Å². The van der Waals surface area contributed by atoms with Gasteiger partial charge in [-0.15, -0.1) is 0 Å². The first-order valence-corrected chi connectivity index (χ1v) is 6.21. The zero-order chi connectivity index (χ0) is 11.8. The zero-order valence-electron chi connectivity index (χ0n) is 11.3. The average Bonchev–Trinajstić information content (AvgIpc) is 2.07. The van der Waals surface area contributed by atoms with E-state index in [2.05, 4.69) is 34.6 Å². The Bertz CT molecular complexity index is 58.3. The molecule has 0 aliphatic carbocycles. The minimum Gasteiger partial charge on any atom is -0.397 e. The van der Waals surface area contributed by atoms with Crippen molar-refractivity contribution in [1.29, 1.82) is 0 Å². The first-order valence-electron chi connectivity index (χ1n) is 6.21. The Labute approximate surface area is 91.9 Å². The van der Waals surface area contributed by atoms with E-state index in [4.69, 9.17) is 5.11 Å². The molecule has 0 amide bonds. The van der Waals surface area contributed by atoms with E-state index >= 15 is 0 Å². The summed E-state index contributed by atoms with van der Waals surface area (Å²) in [5.74, 6) is 0.904. The van der Waals surface area contributed by atoms with Gasteiger partial charge < -0.3 is 5.11 Å². The highest BCUT2D eigenvalue weighted by Crippen LogP contribution is 2.06. The molecule has 1 heteroatoms. The minimum absolute atomic E-state index is 0.250. The second-order valence-electron chi connectivity index (χ2n) is 3.91. The van der Waals surface area contributed by atoms with Gasteiger partial charge in [-0.3, -0.25) is 0 Å². The molecule has 0 radical (unpaired) electrons. The quantitative estimate of drug-likeness (QED) is 0.662. The third-order valence-corrected chi connectivity index (χ3v) is 1.39. The molecule has 0 unspecified atom stereocenters. The average molecular weight is 204 g/mol. The lowest BCUT2D eigenvalue weighted by Crippen LogP contribution is -1.85. The van der Waals surface area contributed by atoms with E-state index < -0.39 is 0 Å². The normalized spacial score (nSPS) is 8.57. The second-order valence-corrected chi connectivity index (χ2v) is 3.91. The molecule has 0 aliphatic rings. The monoisotopic (exact) mass is 204 g/mol. The Morgan fingerprint density at radius 1 is 0.929 bits per heavy atom. The molecular formula is C13H32O. The van der Waals surface area contributed by atoms with E-state index in [9.17, 15) is 0 Å². The van der Waals surface area contributed by atoms with Crippen molar-refractivity contribution in [3.8, 4) is 0 Å². The summed E-state index contributed by atoms with van der Waals surface area (Å²) in [4.78, 5) is 0. The highest BCUT2D eigenvalue weighted by atomic mass is 16.2. The van der Waals surface area contributed by atoms with Gasteiger partial charge >= 0.3 is 0 Å². The van der Waals surface area contributed by atoms with Gasteiger partial charge in [-0.1, -0.05) is 66.7 Å². The van der Waals surface area contributed by atoms with E-state index in [0.717, 1.165) is 5.92 Å². The van der Waals surface area contributed by atoms with Gasteiger partial charge in [0.25, 0.3) is 0 Å². The largest absolute Gasteiger partial charge is 0.397 e. The summed E-state index contributed by atoms with van der Waals surface area (Å²) in [5, 5.41) is 7.57. The summed E-state index contributed by atoms with van der Waals surface area (Å²) in [6.45, 7) is 13.0. The number of hydrogen-bond acceptors (Lipinski definition) is 1. The molecule has 0 aromatic heterocycles. The topological polar surface area (TPSA) is 20.2 Å². The highest BCUT2D eigenvalue weighted by molar-refractivity contribution is 4.44. The lowest BCUT2D eigenvalue weighted by atomic mass is 10.1. The summed E-state index contributed by atoms with van der Waals surface area (Å²) >= 11 is 0. The van der Waals surface area contributed by atoms with Crippen LogP contribution in [0.5, 0.6) is 0 Å². The van der Waals surface area contributed by atoms with Gasteiger partial charge in [-0.05, 0) is 12.8 Å². The third-order valence-electron chi connectivity index (χ3n) is 1.39. The lowest BCUT2D eigenvalue weighted by molar-refractivity contribution is 0.318. The van der Waals surface area contributed by atoms with Gasteiger partial charge in [0.15, 0.2) is 0 Å². The van der Waals surface area contributed by atoms with Crippen LogP contribution in [0.25, 0.3) is 0 Å². The highest BCUT2D eigenvalue weighted by Gasteiger charge is 1.90. The maximum absolute atomic E-state index is 7.57. The number of hydrogen-bond donors (Lipinski definition) is 1. The van der Waals surface area contributed by atoms with Crippen LogP contribution in [0.4, 0.5) is 0 Å². The zero-order valence-corrected chi connectivity index (χ0v) is 11.3. The summed E-state index contributed by atoms with van der Waals surface area (Å²) < 4.78 is 0. The van der Waals surface area contributed by atoms with Crippen molar-refractivity contribution in [2.45, 2.75) is 73.6 Å². The fraction of sp³-hybridized carbons (Fsp3) is 1.00. The molecule has 0 aromatic rings. The molecule has 0 rings (SSSR count). The molecule has 1 nitrogen and oxygen atoms in total. The Morgan fingerprint density at radius 3 is 1.50 bits per heavy atom. The van der Waals surface area contributed by atoms with Crippen molar-refractivity contribution >= 4 is 0 Å². The fourth-order valence-electron chi connectivity index (χ4n) is 0.803. The Balaban J connectivity index is -0.000000168. The molecule has 1 N–H and O–H groups in total. The smallest absolute Gasteiger partial charge is 0.0402 e. The number of aliphatic hydroxyl groups excluding tert-OH is 1. The molecule has 0 heterocycles. The number of rotatable bonds is 4. The predicted molar refractivity (Wildman–Crippen MR) is 67.7 cm³/mol.